The van der Waals surface area contributed by atoms with Crippen LogP contribution in [0.3, 0.4) is 0 Å². The molecule has 0 fully saturated rings. The van der Waals surface area contributed by atoms with Gasteiger partial charge in [-0.3, -0.25) is 9.59 Å². The van der Waals surface area contributed by atoms with Crippen LogP contribution in [0.5, 0.6) is 0 Å². The van der Waals surface area contributed by atoms with Gasteiger partial charge in [-0.25, -0.2) is 0 Å². The summed E-state index contributed by atoms with van der Waals surface area (Å²) in [6, 6.07) is 0. The van der Waals surface area contributed by atoms with Crippen LogP contribution in [0.15, 0.2) is 11.3 Å². The molecule has 1 N–H and O–H groups in total. The fourth-order valence-electron chi connectivity index (χ4n) is 1.35. The van der Waals surface area contributed by atoms with Gasteiger partial charge < -0.3 is 5.11 Å². The third-order valence-electron chi connectivity index (χ3n) is 2.26. The highest BCUT2D eigenvalue weighted by Crippen LogP contribution is 2.34. The van der Waals surface area contributed by atoms with E-state index in [9.17, 15) is 14.7 Å². The molecule has 0 atom stereocenters. The topological polar surface area (TPSA) is 54.4 Å². The van der Waals surface area contributed by atoms with Gasteiger partial charge in [-0.05, 0) is 20.3 Å². The van der Waals surface area contributed by atoms with Crippen molar-refractivity contribution in [3.8, 4) is 0 Å². The van der Waals surface area contributed by atoms with E-state index >= 15 is 0 Å². The van der Waals surface area contributed by atoms with Crippen LogP contribution in [-0.4, -0.2) is 16.7 Å². The number of ketones is 2. The predicted molar refractivity (Wildman–Crippen MR) is 43.7 cm³/mol. The fraction of sp³-hybridized carbons (Fsp3) is 0.556. The lowest BCUT2D eigenvalue weighted by Crippen LogP contribution is -2.27. The Morgan fingerprint density at radius 3 is 1.92 bits per heavy atom. The van der Waals surface area contributed by atoms with E-state index in [4.69, 9.17) is 0 Å². The molecule has 3 heteroatoms. The lowest BCUT2D eigenvalue weighted by molar-refractivity contribution is -0.132. The van der Waals surface area contributed by atoms with Gasteiger partial charge in [0.05, 0.1) is 5.41 Å². The minimum Gasteiger partial charge on any atom is -0.504 e. The van der Waals surface area contributed by atoms with Crippen LogP contribution in [0, 0.1) is 5.41 Å². The zero-order chi connectivity index (χ0) is 9.52. The number of hydrogen-bond donors (Lipinski definition) is 1. The average Bonchev–Trinajstić information content (AvgIpc) is 2.15. The number of aliphatic hydroxyl groups excluding tert-OH is 1. The summed E-state index contributed by atoms with van der Waals surface area (Å²) in [4.78, 5) is 22.7. The molecule has 0 bridgehead atoms. The summed E-state index contributed by atoms with van der Waals surface area (Å²) >= 11 is 0. The Kier molecular flexibility index (Phi) is 1.82. The molecular weight excluding hydrogens is 156 g/mol. The van der Waals surface area contributed by atoms with Gasteiger partial charge in [0.2, 0.25) is 5.78 Å². The molecule has 0 saturated carbocycles. The quantitative estimate of drug-likeness (QED) is 0.602. The molecule has 0 unspecified atom stereocenters. The molecule has 0 radical (unpaired) electrons. The Labute approximate surface area is 71.1 Å². The van der Waals surface area contributed by atoms with E-state index < -0.39 is 11.2 Å². The molecule has 0 aromatic heterocycles. The summed E-state index contributed by atoms with van der Waals surface area (Å²) in [7, 11) is 0. The van der Waals surface area contributed by atoms with Crippen molar-refractivity contribution in [1.82, 2.24) is 0 Å². The zero-order valence-corrected chi connectivity index (χ0v) is 7.47. The standard InChI is InChI=1S/C9H12O3/c1-4-5-6(10)8(12)9(2,3)7(5)11/h10H,4H2,1-3H3. The smallest absolute Gasteiger partial charge is 0.210 e. The Balaban J connectivity index is 3.21. The minimum atomic E-state index is -1.05. The first-order chi connectivity index (χ1) is 5.42. The molecule has 0 aromatic rings. The fourth-order valence-corrected chi connectivity index (χ4v) is 1.35. The number of carbonyl (C=O) groups is 2. The first-order valence-electron chi connectivity index (χ1n) is 3.94. The van der Waals surface area contributed by atoms with Crippen LogP contribution in [0.1, 0.15) is 27.2 Å². The van der Waals surface area contributed by atoms with Gasteiger partial charge in [0.15, 0.2) is 11.5 Å². The van der Waals surface area contributed by atoms with Gasteiger partial charge in [-0.1, -0.05) is 6.92 Å². The summed E-state index contributed by atoms with van der Waals surface area (Å²) in [5, 5.41) is 9.27. The van der Waals surface area contributed by atoms with E-state index in [1.54, 1.807) is 6.92 Å². The van der Waals surface area contributed by atoms with Gasteiger partial charge in [-0.15, -0.1) is 0 Å². The second-order valence-electron chi connectivity index (χ2n) is 3.46. The van der Waals surface area contributed by atoms with Crippen molar-refractivity contribution in [2.45, 2.75) is 27.2 Å². The number of hydrogen-bond acceptors (Lipinski definition) is 3. The van der Waals surface area contributed by atoms with Gasteiger partial charge in [-0.2, -0.15) is 0 Å². The first-order valence-corrected chi connectivity index (χ1v) is 3.94. The number of allylic oxidation sites excluding steroid dienone is 2. The summed E-state index contributed by atoms with van der Waals surface area (Å²) < 4.78 is 0. The molecule has 0 aromatic carbocycles. The van der Waals surface area contributed by atoms with Gasteiger partial charge in [0, 0.05) is 5.57 Å². The molecule has 1 aliphatic rings. The minimum absolute atomic E-state index is 0.243. The maximum absolute atomic E-state index is 11.4. The van der Waals surface area contributed by atoms with Crippen LogP contribution in [0.2, 0.25) is 0 Å². The van der Waals surface area contributed by atoms with Crippen molar-refractivity contribution in [1.29, 1.82) is 0 Å². The van der Waals surface area contributed by atoms with Crippen molar-refractivity contribution >= 4 is 11.6 Å². The third kappa shape index (κ3) is 0.891. The van der Waals surface area contributed by atoms with Crippen molar-refractivity contribution in [3.63, 3.8) is 0 Å². The monoisotopic (exact) mass is 168 g/mol. The molecule has 0 aliphatic heterocycles. The SMILES string of the molecule is CCC1=C(O)C(=O)C(C)(C)C1=O. The van der Waals surface area contributed by atoms with E-state index in [0.717, 1.165) is 0 Å². The van der Waals surface area contributed by atoms with Crippen molar-refractivity contribution in [2.75, 3.05) is 0 Å². The molecule has 1 aliphatic carbocycles. The van der Waals surface area contributed by atoms with Crippen LogP contribution in [0.25, 0.3) is 0 Å². The average molecular weight is 168 g/mol. The summed E-state index contributed by atoms with van der Waals surface area (Å²) in [6.07, 6.45) is 0.417. The van der Waals surface area contributed by atoms with E-state index in [1.807, 2.05) is 0 Å². The normalized spacial score (nSPS) is 22.2. The predicted octanol–water partition coefficient (Wildman–Crippen LogP) is 1.39. The maximum atomic E-state index is 11.4. The van der Waals surface area contributed by atoms with Crippen LogP contribution >= 0.6 is 0 Å². The highest BCUT2D eigenvalue weighted by atomic mass is 16.3. The van der Waals surface area contributed by atoms with Crippen LogP contribution < -0.4 is 0 Å². The number of carbonyl (C=O) groups excluding carboxylic acids is 2. The highest BCUT2D eigenvalue weighted by Gasteiger charge is 2.46. The summed E-state index contributed by atoms with van der Waals surface area (Å²) in [5.74, 6) is -1.04. The third-order valence-corrected chi connectivity index (χ3v) is 2.26. The molecule has 0 saturated heterocycles. The zero-order valence-electron chi connectivity index (χ0n) is 7.47. The molecule has 12 heavy (non-hydrogen) atoms. The molecule has 1 rings (SSSR count). The maximum Gasteiger partial charge on any atom is 0.210 e. The molecule has 66 valence electrons. The number of rotatable bonds is 1. The van der Waals surface area contributed by atoms with E-state index in [2.05, 4.69) is 0 Å². The molecular formula is C9H12O3. The van der Waals surface area contributed by atoms with Crippen molar-refractivity contribution in [2.24, 2.45) is 5.41 Å². The second kappa shape index (κ2) is 2.44. The van der Waals surface area contributed by atoms with E-state index in [1.165, 1.54) is 13.8 Å². The van der Waals surface area contributed by atoms with Gasteiger partial charge in [0.1, 0.15) is 0 Å². The Hall–Kier alpha value is -1.12. The summed E-state index contributed by atoms with van der Waals surface area (Å²) in [6.45, 7) is 4.82. The van der Waals surface area contributed by atoms with Crippen LogP contribution in [-0.2, 0) is 9.59 Å². The number of aliphatic hydroxyl groups is 1. The Morgan fingerprint density at radius 2 is 1.75 bits per heavy atom. The molecule has 0 heterocycles. The lowest BCUT2D eigenvalue weighted by Gasteiger charge is -2.12. The van der Waals surface area contributed by atoms with Crippen LogP contribution in [0.4, 0.5) is 0 Å². The summed E-state index contributed by atoms with van der Waals surface area (Å²) in [5.41, 5.74) is -0.778. The van der Waals surface area contributed by atoms with Crippen molar-refractivity contribution in [3.05, 3.63) is 11.3 Å². The second-order valence-corrected chi connectivity index (χ2v) is 3.46. The Bertz CT molecular complexity index is 284. The molecule has 0 amide bonds. The lowest BCUT2D eigenvalue weighted by atomic mass is 9.87. The largest absolute Gasteiger partial charge is 0.504 e. The molecule has 0 spiro atoms. The van der Waals surface area contributed by atoms with E-state index in [-0.39, 0.29) is 17.1 Å². The van der Waals surface area contributed by atoms with Gasteiger partial charge in [0.25, 0.3) is 0 Å². The Morgan fingerprint density at radius 1 is 1.25 bits per heavy atom. The van der Waals surface area contributed by atoms with Gasteiger partial charge >= 0.3 is 0 Å². The van der Waals surface area contributed by atoms with Crippen molar-refractivity contribution < 1.29 is 14.7 Å². The number of Topliss-reactive ketones (excluding diaryl/α,β-unsaturated/α-hetero) is 2. The first kappa shape index (κ1) is 8.97. The van der Waals surface area contributed by atoms with E-state index in [0.29, 0.717) is 6.42 Å². The molecule has 3 nitrogen and oxygen atoms in total. The highest BCUT2D eigenvalue weighted by molar-refractivity contribution is 6.26.